The second-order valence-electron chi connectivity index (χ2n) is 3.60. The van der Waals surface area contributed by atoms with Crippen molar-refractivity contribution in [2.24, 2.45) is 0 Å². The van der Waals surface area contributed by atoms with Gasteiger partial charge in [0.1, 0.15) is 0 Å². The van der Waals surface area contributed by atoms with Gasteiger partial charge in [-0.15, -0.1) is 0 Å². The Kier molecular flexibility index (Phi) is 4.66. The van der Waals surface area contributed by atoms with Crippen LogP contribution in [-0.4, -0.2) is 36.7 Å². The monoisotopic (exact) mass is 237 g/mol. The van der Waals surface area contributed by atoms with Crippen molar-refractivity contribution in [3.63, 3.8) is 0 Å². The molecular weight excluding hydrogens is 222 g/mol. The van der Waals surface area contributed by atoms with Crippen LogP contribution < -0.4 is 5.32 Å². The number of carbonyl (C=O) groups excluding carboxylic acids is 2. The van der Waals surface area contributed by atoms with Crippen molar-refractivity contribution >= 4 is 11.9 Å². The Bertz CT molecular complexity index is 399. The summed E-state index contributed by atoms with van der Waals surface area (Å²) < 4.78 is 4.45. The first kappa shape index (κ1) is 13.2. The molecule has 1 aromatic carbocycles. The number of aliphatic hydroxyl groups is 1. The van der Waals surface area contributed by atoms with Crippen LogP contribution in [0.25, 0.3) is 0 Å². The maximum atomic E-state index is 11.7. The SMILES string of the molecule is COC(=O)[C@H](CO)NC(=O)c1ccc(C)cc1. The fraction of sp³-hybridized carbons (Fsp3) is 0.333. The molecule has 1 atom stereocenters. The van der Waals surface area contributed by atoms with Gasteiger partial charge in [0, 0.05) is 5.56 Å². The number of aryl methyl sites for hydroxylation is 1. The maximum Gasteiger partial charge on any atom is 0.330 e. The third kappa shape index (κ3) is 3.57. The number of esters is 1. The molecule has 0 saturated carbocycles. The number of amides is 1. The van der Waals surface area contributed by atoms with E-state index in [9.17, 15) is 9.59 Å². The molecule has 0 fully saturated rings. The number of benzene rings is 1. The molecule has 0 spiro atoms. The minimum absolute atomic E-state index is 0.422. The lowest BCUT2D eigenvalue weighted by molar-refractivity contribution is -0.143. The van der Waals surface area contributed by atoms with Gasteiger partial charge in [-0.25, -0.2) is 4.79 Å². The zero-order valence-corrected chi connectivity index (χ0v) is 9.77. The molecule has 0 aliphatic carbocycles. The summed E-state index contributed by atoms with van der Waals surface area (Å²) >= 11 is 0. The molecule has 1 amide bonds. The zero-order valence-electron chi connectivity index (χ0n) is 9.77. The number of hydrogen-bond donors (Lipinski definition) is 2. The van der Waals surface area contributed by atoms with Crippen LogP contribution in [-0.2, 0) is 9.53 Å². The number of aliphatic hydroxyl groups excluding tert-OH is 1. The fourth-order valence-corrected chi connectivity index (χ4v) is 1.27. The summed E-state index contributed by atoms with van der Waals surface area (Å²) in [6.07, 6.45) is 0. The Morgan fingerprint density at radius 2 is 1.94 bits per heavy atom. The minimum Gasteiger partial charge on any atom is -0.467 e. The molecule has 0 heterocycles. The van der Waals surface area contributed by atoms with Crippen LogP contribution in [0.15, 0.2) is 24.3 Å². The Hall–Kier alpha value is -1.88. The molecule has 0 aromatic heterocycles. The minimum atomic E-state index is -1.03. The molecule has 1 rings (SSSR count). The van der Waals surface area contributed by atoms with Crippen molar-refractivity contribution < 1.29 is 19.4 Å². The van der Waals surface area contributed by atoms with E-state index in [1.807, 2.05) is 6.92 Å². The Morgan fingerprint density at radius 1 is 1.35 bits per heavy atom. The molecule has 0 bridgehead atoms. The van der Waals surface area contributed by atoms with Gasteiger partial charge in [0.25, 0.3) is 5.91 Å². The lowest BCUT2D eigenvalue weighted by atomic mass is 10.1. The van der Waals surface area contributed by atoms with E-state index in [0.717, 1.165) is 5.56 Å². The predicted octanol–water partition coefficient (Wildman–Crippen LogP) is 0.259. The van der Waals surface area contributed by atoms with E-state index in [1.54, 1.807) is 24.3 Å². The molecule has 2 N–H and O–H groups in total. The van der Waals surface area contributed by atoms with Crippen molar-refractivity contribution in [1.29, 1.82) is 0 Å². The Morgan fingerprint density at radius 3 is 2.41 bits per heavy atom. The summed E-state index contributed by atoms with van der Waals surface area (Å²) in [4.78, 5) is 22.9. The average molecular weight is 237 g/mol. The zero-order chi connectivity index (χ0) is 12.8. The highest BCUT2D eigenvalue weighted by Gasteiger charge is 2.20. The van der Waals surface area contributed by atoms with Gasteiger partial charge in [-0.1, -0.05) is 17.7 Å². The number of methoxy groups -OCH3 is 1. The van der Waals surface area contributed by atoms with Crippen LogP contribution in [0.5, 0.6) is 0 Å². The molecule has 0 aliphatic rings. The molecule has 0 radical (unpaired) electrons. The molecule has 0 unspecified atom stereocenters. The first-order chi connectivity index (χ1) is 8.08. The first-order valence-electron chi connectivity index (χ1n) is 5.14. The average Bonchev–Trinajstić information content (AvgIpc) is 2.35. The van der Waals surface area contributed by atoms with E-state index in [1.165, 1.54) is 7.11 Å². The van der Waals surface area contributed by atoms with Crippen LogP contribution in [0.4, 0.5) is 0 Å². The summed E-state index contributed by atoms with van der Waals surface area (Å²) in [6.45, 7) is 1.41. The van der Waals surface area contributed by atoms with Gasteiger partial charge < -0.3 is 15.2 Å². The van der Waals surface area contributed by atoms with Gasteiger partial charge in [0.15, 0.2) is 6.04 Å². The number of rotatable bonds is 4. The summed E-state index contributed by atoms with van der Waals surface area (Å²) in [7, 11) is 1.20. The summed E-state index contributed by atoms with van der Waals surface area (Å²) in [6, 6.07) is 5.85. The lowest BCUT2D eigenvalue weighted by Gasteiger charge is -2.13. The summed E-state index contributed by atoms with van der Waals surface area (Å²) in [5, 5.41) is 11.3. The van der Waals surface area contributed by atoms with Crippen LogP contribution in [0.2, 0.25) is 0 Å². The molecule has 0 saturated heterocycles. The van der Waals surface area contributed by atoms with Crippen molar-refractivity contribution in [3.8, 4) is 0 Å². The van der Waals surface area contributed by atoms with Crippen molar-refractivity contribution in [1.82, 2.24) is 5.32 Å². The maximum absolute atomic E-state index is 11.7. The largest absolute Gasteiger partial charge is 0.467 e. The number of carbonyl (C=O) groups is 2. The second kappa shape index (κ2) is 6.00. The van der Waals surface area contributed by atoms with Crippen LogP contribution in [0.3, 0.4) is 0 Å². The third-order valence-electron chi connectivity index (χ3n) is 2.29. The van der Waals surface area contributed by atoms with Crippen molar-refractivity contribution in [2.75, 3.05) is 13.7 Å². The molecule has 92 valence electrons. The number of nitrogens with one attached hydrogen (secondary N) is 1. The lowest BCUT2D eigenvalue weighted by Crippen LogP contribution is -2.44. The van der Waals surface area contributed by atoms with Crippen molar-refractivity contribution in [3.05, 3.63) is 35.4 Å². The van der Waals surface area contributed by atoms with E-state index in [2.05, 4.69) is 10.1 Å². The standard InChI is InChI=1S/C12H15NO4/c1-8-3-5-9(6-4-8)11(15)13-10(7-14)12(16)17-2/h3-6,10,14H,7H2,1-2H3,(H,13,15)/t10-/m0/s1. The Balaban J connectivity index is 2.71. The molecule has 17 heavy (non-hydrogen) atoms. The molecule has 1 aromatic rings. The highest BCUT2D eigenvalue weighted by atomic mass is 16.5. The number of ether oxygens (including phenoxy) is 1. The number of hydrogen-bond acceptors (Lipinski definition) is 4. The Labute approximate surface area is 99.4 Å². The first-order valence-corrected chi connectivity index (χ1v) is 5.14. The smallest absolute Gasteiger partial charge is 0.330 e. The van der Waals surface area contributed by atoms with Crippen molar-refractivity contribution in [2.45, 2.75) is 13.0 Å². The van der Waals surface area contributed by atoms with Gasteiger partial charge in [0.05, 0.1) is 13.7 Å². The van der Waals surface area contributed by atoms with Gasteiger partial charge in [0.2, 0.25) is 0 Å². The van der Waals surface area contributed by atoms with E-state index in [-0.39, 0.29) is 0 Å². The van der Waals surface area contributed by atoms with E-state index in [4.69, 9.17) is 5.11 Å². The van der Waals surface area contributed by atoms with Gasteiger partial charge in [-0.3, -0.25) is 4.79 Å². The van der Waals surface area contributed by atoms with Crippen LogP contribution in [0.1, 0.15) is 15.9 Å². The van der Waals surface area contributed by atoms with Gasteiger partial charge in [-0.2, -0.15) is 0 Å². The summed E-state index contributed by atoms with van der Waals surface area (Å²) in [5.74, 6) is -1.09. The van der Waals surface area contributed by atoms with E-state index >= 15 is 0 Å². The van der Waals surface area contributed by atoms with E-state index < -0.39 is 24.5 Å². The van der Waals surface area contributed by atoms with E-state index in [0.29, 0.717) is 5.56 Å². The summed E-state index contributed by atoms with van der Waals surface area (Å²) in [5.41, 5.74) is 1.46. The fourth-order valence-electron chi connectivity index (χ4n) is 1.27. The third-order valence-corrected chi connectivity index (χ3v) is 2.29. The predicted molar refractivity (Wildman–Crippen MR) is 61.5 cm³/mol. The highest BCUT2D eigenvalue weighted by Crippen LogP contribution is 2.03. The topological polar surface area (TPSA) is 75.6 Å². The van der Waals surface area contributed by atoms with Crippen LogP contribution >= 0.6 is 0 Å². The van der Waals surface area contributed by atoms with Gasteiger partial charge >= 0.3 is 5.97 Å². The molecule has 5 nitrogen and oxygen atoms in total. The van der Waals surface area contributed by atoms with Crippen LogP contribution in [0, 0.1) is 6.92 Å². The molecule has 5 heteroatoms. The highest BCUT2D eigenvalue weighted by molar-refractivity contribution is 5.96. The molecule has 0 aliphatic heterocycles. The second-order valence-corrected chi connectivity index (χ2v) is 3.60. The molecular formula is C12H15NO4. The quantitative estimate of drug-likeness (QED) is 0.736. The normalized spacial score (nSPS) is 11.7. The van der Waals surface area contributed by atoms with Gasteiger partial charge in [-0.05, 0) is 19.1 Å².